The van der Waals surface area contributed by atoms with Crippen molar-refractivity contribution in [2.75, 3.05) is 49.2 Å². The van der Waals surface area contributed by atoms with Gasteiger partial charge in [-0.15, -0.1) is 0 Å². The average Bonchev–Trinajstić information content (AvgIpc) is 2.94. The summed E-state index contributed by atoms with van der Waals surface area (Å²) >= 11 is 0. The van der Waals surface area contributed by atoms with Crippen molar-refractivity contribution >= 4 is 29.4 Å². The number of carbonyl (C=O) groups is 2. The zero-order valence-electron chi connectivity index (χ0n) is 24.6. The van der Waals surface area contributed by atoms with Crippen LogP contribution in [-0.2, 0) is 15.1 Å². The van der Waals surface area contributed by atoms with Crippen LogP contribution in [0.15, 0.2) is 53.0 Å². The van der Waals surface area contributed by atoms with Gasteiger partial charge in [0.2, 0.25) is 11.8 Å². The van der Waals surface area contributed by atoms with Gasteiger partial charge in [-0.3, -0.25) is 14.6 Å². The van der Waals surface area contributed by atoms with E-state index in [0.29, 0.717) is 35.8 Å². The molecule has 2 amide bonds. The third-order valence-electron chi connectivity index (χ3n) is 7.44. The number of hydrogen-bond donors (Lipinski definition) is 2. The lowest BCUT2D eigenvalue weighted by Gasteiger charge is -2.41. The quantitative estimate of drug-likeness (QED) is 0.367. The number of rotatable bonds is 14. The minimum absolute atomic E-state index is 0.0769. The number of allylic oxidation sites excluding steroid dienone is 1. The molecule has 9 nitrogen and oxygen atoms in total. The number of amides is 2. The van der Waals surface area contributed by atoms with Gasteiger partial charge in [-0.25, -0.2) is 0 Å². The molecule has 1 aliphatic rings. The summed E-state index contributed by atoms with van der Waals surface area (Å²) in [5.74, 6) is -1.60. The molecule has 0 radical (unpaired) electrons. The summed E-state index contributed by atoms with van der Waals surface area (Å²) < 4.78 is 12.4. The Bertz CT molecular complexity index is 1200. The van der Waals surface area contributed by atoms with Crippen molar-refractivity contribution < 1.29 is 19.1 Å². The van der Waals surface area contributed by atoms with Crippen molar-refractivity contribution in [2.24, 2.45) is 22.4 Å². The Hall–Kier alpha value is -4.01. The molecule has 0 aliphatic carbocycles. The van der Waals surface area contributed by atoms with E-state index >= 15 is 0 Å². The summed E-state index contributed by atoms with van der Waals surface area (Å²) in [6.07, 6.45) is 2.98. The highest BCUT2D eigenvalue weighted by Gasteiger charge is 2.52. The number of nitrogens with zero attached hydrogens (tertiary/aromatic N) is 3. The fourth-order valence-corrected chi connectivity index (χ4v) is 5.58. The molecule has 0 fully saturated rings. The molecule has 1 atom stereocenters. The van der Waals surface area contributed by atoms with Crippen LogP contribution in [0.2, 0.25) is 0 Å². The standard InChI is InChI=1S/C31H43N5O4/c1-7-35(8-2)21-13-15-24(26(19-21)39-11-5)31(28(30(33)38)23(29(32)37)17-18-34-31)25-16-14-22(36(9-3)10-4)20-27(25)40-12-6/h13-20,28H,7-12H2,1-6H3,(H2,32,37)(H2,33,38). The summed E-state index contributed by atoms with van der Waals surface area (Å²) in [6.45, 7) is 16.1. The van der Waals surface area contributed by atoms with Crippen molar-refractivity contribution in [3.8, 4) is 11.5 Å². The minimum atomic E-state index is -1.47. The molecule has 2 aromatic carbocycles. The van der Waals surface area contributed by atoms with E-state index in [1.807, 2.05) is 50.2 Å². The summed E-state index contributed by atoms with van der Waals surface area (Å²) in [4.78, 5) is 35.4. The first-order valence-electron chi connectivity index (χ1n) is 14.1. The first kappa shape index (κ1) is 30.5. The molecular formula is C31H43N5O4. The Kier molecular flexibility index (Phi) is 10.2. The Morgan fingerprint density at radius 1 is 0.800 bits per heavy atom. The van der Waals surface area contributed by atoms with Crippen LogP contribution in [0.4, 0.5) is 11.4 Å². The van der Waals surface area contributed by atoms with E-state index in [1.165, 1.54) is 12.3 Å². The highest BCUT2D eigenvalue weighted by atomic mass is 16.5. The van der Waals surface area contributed by atoms with Gasteiger partial charge in [-0.05, 0) is 59.8 Å². The van der Waals surface area contributed by atoms with Crippen LogP contribution in [0.5, 0.6) is 11.5 Å². The molecule has 1 aliphatic heterocycles. The molecule has 3 rings (SSSR count). The Labute approximate surface area is 237 Å². The second kappa shape index (κ2) is 13.4. The molecule has 40 heavy (non-hydrogen) atoms. The lowest BCUT2D eigenvalue weighted by atomic mass is 9.68. The van der Waals surface area contributed by atoms with Gasteiger partial charge in [0.05, 0.1) is 13.2 Å². The van der Waals surface area contributed by atoms with Crippen LogP contribution in [0, 0.1) is 5.92 Å². The second-order valence-electron chi connectivity index (χ2n) is 9.44. The first-order chi connectivity index (χ1) is 19.2. The smallest absolute Gasteiger partial charge is 0.245 e. The molecule has 0 saturated carbocycles. The van der Waals surface area contributed by atoms with Gasteiger partial charge in [0.25, 0.3) is 0 Å². The summed E-state index contributed by atoms with van der Waals surface area (Å²) in [5.41, 5.74) is 13.6. The molecule has 0 aromatic heterocycles. The zero-order chi connectivity index (χ0) is 29.4. The third kappa shape index (κ3) is 5.64. The number of primary amides is 2. The highest BCUT2D eigenvalue weighted by Crippen LogP contribution is 2.52. The Morgan fingerprint density at radius 2 is 1.25 bits per heavy atom. The van der Waals surface area contributed by atoms with Gasteiger partial charge < -0.3 is 30.7 Å². The van der Waals surface area contributed by atoms with Crippen molar-refractivity contribution in [3.63, 3.8) is 0 Å². The molecule has 1 unspecified atom stereocenters. The monoisotopic (exact) mass is 549 g/mol. The van der Waals surface area contributed by atoms with Crippen LogP contribution in [0.1, 0.15) is 52.7 Å². The van der Waals surface area contributed by atoms with Gasteiger partial charge in [-0.1, -0.05) is 12.1 Å². The van der Waals surface area contributed by atoms with Crippen LogP contribution < -0.4 is 30.7 Å². The normalized spacial score (nSPS) is 15.8. The summed E-state index contributed by atoms with van der Waals surface area (Å²) in [6, 6.07) is 11.7. The topological polar surface area (TPSA) is 123 Å². The number of ether oxygens (including phenoxy) is 2. The van der Waals surface area contributed by atoms with Gasteiger partial charge in [-0.2, -0.15) is 0 Å². The average molecular weight is 550 g/mol. The summed E-state index contributed by atoms with van der Waals surface area (Å²) in [7, 11) is 0. The minimum Gasteiger partial charge on any atom is -0.493 e. The number of hydrogen-bond acceptors (Lipinski definition) is 7. The number of anilines is 2. The van der Waals surface area contributed by atoms with E-state index in [1.54, 1.807) is 0 Å². The largest absolute Gasteiger partial charge is 0.493 e. The maximum atomic E-state index is 13.3. The molecule has 0 bridgehead atoms. The lowest BCUT2D eigenvalue weighted by Crippen LogP contribution is -2.48. The van der Waals surface area contributed by atoms with Gasteiger partial charge >= 0.3 is 0 Å². The van der Waals surface area contributed by atoms with Crippen LogP contribution in [0.25, 0.3) is 0 Å². The van der Waals surface area contributed by atoms with Gasteiger partial charge in [0.1, 0.15) is 23.0 Å². The fourth-order valence-electron chi connectivity index (χ4n) is 5.58. The molecule has 1 heterocycles. The maximum Gasteiger partial charge on any atom is 0.245 e. The molecule has 2 aromatic rings. The van der Waals surface area contributed by atoms with E-state index in [0.717, 1.165) is 37.6 Å². The predicted octanol–water partition coefficient (Wildman–Crippen LogP) is 4.02. The van der Waals surface area contributed by atoms with Crippen molar-refractivity contribution in [1.29, 1.82) is 0 Å². The number of nitrogens with two attached hydrogens (primary N) is 2. The molecule has 9 heteroatoms. The fraction of sp³-hybridized carbons (Fsp3) is 0.452. The molecule has 216 valence electrons. The Balaban J connectivity index is 2.46. The predicted molar refractivity (Wildman–Crippen MR) is 162 cm³/mol. The van der Waals surface area contributed by atoms with Crippen molar-refractivity contribution in [2.45, 2.75) is 47.1 Å². The number of carbonyl (C=O) groups excluding carboxylic acids is 2. The van der Waals surface area contributed by atoms with Crippen molar-refractivity contribution in [3.05, 3.63) is 59.2 Å². The van der Waals surface area contributed by atoms with E-state index in [2.05, 4.69) is 37.5 Å². The van der Waals surface area contributed by atoms with Gasteiger partial charge in [0.15, 0.2) is 0 Å². The number of aliphatic imine (C=N–C) groups is 1. The number of dihydropyridines is 1. The highest BCUT2D eigenvalue weighted by molar-refractivity contribution is 6.04. The second-order valence-corrected chi connectivity index (χ2v) is 9.44. The third-order valence-corrected chi connectivity index (χ3v) is 7.44. The van der Waals surface area contributed by atoms with Gasteiger partial charge in [0, 0.05) is 72.6 Å². The SMILES string of the molecule is CCOc1cc(N(CC)CC)ccc1C1(c2ccc(N(CC)CC)cc2OCC)N=CC=C(C(N)=O)C1C(N)=O. The maximum absolute atomic E-state index is 13.3. The Morgan fingerprint density at radius 3 is 1.60 bits per heavy atom. The zero-order valence-corrected chi connectivity index (χ0v) is 24.6. The lowest BCUT2D eigenvalue weighted by molar-refractivity contribution is -0.125. The molecule has 0 saturated heterocycles. The van der Waals surface area contributed by atoms with Crippen molar-refractivity contribution in [1.82, 2.24) is 0 Å². The van der Waals surface area contributed by atoms with E-state index in [4.69, 9.17) is 25.9 Å². The van der Waals surface area contributed by atoms with E-state index in [9.17, 15) is 9.59 Å². The first-order valence-corrected chi connectivity index (χ1v) is 14.1. The van der Waals surface area contributed by atoms with Crippen LogP contribution in [-0.4, -0.2) is 57.4 Å². The number of benzene rings is 2. The van der Waals surface area contributed by atoms with E-state index in [-0.39, 0.29) is 5.57 Å². The molecule has 0 spiro atoms. The summed E-state index contributed by atoms with van der Waals surface area (Å²) in [5, 5.41) is 0. The molecule has 4 N–H and O–H groups in total. The van der Waals surface area contributed by atoms with E-state index < -0.39 is 23.3 Å². The van der Waals surface area contributed by atoms with Crippen LogP contribution >= 0.6 is 0 Å². The van der Waals surface area contributed by atoms with Crippen LogP contribution in [0.3, 0.4) is 0 Å². The molecular weight excluding hydrogens is 506 g/mol.